The van der Waals surface area contributed by atoms with Gasteiger partial charge in [0.2, 0.25) is 0 Å². The summed E-state index contributed by atoms with van der Waals surface area (Å²) in [6.45, 7) is 7.76. The third kappa shape index (κ3) is 3.34. The normalized spacial score (nSPS) is 25.6. The van der Waals surface area contributed by atoms with Gasteiger partial charge in [0.25, 0.3) is 0 Å². The Hall–Kier alpha value is -0.420. The maximum absolute atomic E-state index is 6.14. The molecule has 2 aliphatic heterocycles. The Bertz CT molecular complexity index is 491. The third-order valence-electron chi connectivity index (χ3n) is 5.07. The highest BCUT2D eigenvalue weighted by molar-refractivity contribution is 9.10. The fourth-order valence-electron chi connectivity index (χ4n) is 3.89. The Labute approximate surface area is 136 Å². The van der Waals surface area contributed by atoms with E-state index < -0.39 is 0 Å². The second-order valence-corrected chi connectivity index (χ2v) is 7.29. The van der Waals surface area contributed by atoms with Crippen LogP contribution < -0.4 is 5.73 Å². The lowest BCUT2D eigenvalue weighted by atomic mass is 10.0. The van der Waals surface area contributed by atoms with E-state index in [4.69, 9.17) is 5.73 Å². The lowest BCUT2D eigenvalue weighted by Crippen LogP contribution is -2.40. The zero-order chi connectivity index (χ0) is 14.8. The summed E-state index contributed by atoms with van der Waals surface area (Å²) in [7, 11) is 0. The van der Waals surface area contributed by atoms with E-state index >= 15 is 0 Å². The van der Waals surface area contributed by atoms with Crippen LogP contribution >= 0.6 is 15.9 Å². The standard InChI is InChI=1S/C17H26BrN3/c1-13-10-14(5-6-16(13)18)17(11-19)21-9-3-8-20-7-2-4-15(20)12-21/h5-6,10,15,17H,2-4,7-9,11-12,19H2,1H3. The van der Waals surface area contributed by atoms with Crippen LogP contribution in [0.2, 0.25) is 0 Å². The van der Waals surface area contributed by atoms with Crippen molar-refractivity contribution in [3.05, 3.63) is 33.8 Å². The van der Waals surface area contributed by atoms with Crippen molar-refractivity contribution in [3.8, 4) is 0 Å². The van der Waals surface area contributed by atoms with Gasteiger partial charge in [-0.25, -0.2) is 0 Å². The van der Waals surface area contributed by atoms with Gasteiger partial charge in [-0.05, 0) is 56.5 Å². The molecule has 2 saturated heterocycles. The fourth-order valence-corrected chi connectivity index (χ4v) is 4.14. The summed E-state index contributed by atoms with van der Waals surface area (Å²) in [4.78, 5) is 5.30. The van der Waals surface area contributed by atoms with Gasteiger partial charge in [-0.2, -0.15) is 0 Å². The molecule has 0 spiro atoms. The maximum Gasteiger partial charge on any atom is 0.0471 e. The lowest BCUT2D eigenvalue weighted by molar-refractivity contribution is 0.176. The van der Waals surface area contributed by atoms with Crippen LogP contribution in [0.1, 0.15) is 36.4 Å². The molecule has 0 saturated carbocycles. The Morgan fingerprint density at radius 1 is 1.29 bits per heavy atom. The van der Waals surface area contributed by atoms with Crippen molar-refractivity contribution in [2.75, 3.05) is 32.7 Å². The van der Waals surface area contributed by atoms with E-state index in [1.54, 1.807) is 0 Å². The molecule has 2 heterocycles. The molecular weight excluding hydrogens is 326 g/mol. The Balaban J connectivity index is 1.79. The number of halogens is 1. The summed E-state index contributed by atoms with van der Waals surface area (Å²) in [5.41, 5.74) is 8.81. The van der Waals surface area contributed by atoms with Crippen LogP contribution in [-0.2, 0) is 0 Å². The van der Waals surface area contributed by atoms with E-state index in [0.717, 1.165) is 6.04 Å². The molecule has 2 atom stereocenters. The van der Waals surface area contributed by atoms with Gasteiger partial charge in [-0.1, -0.05) is 28.1 Å². The summed E-state index contributed by atoms with van der Waals surface area (Å²) in [5, 5.41) is 0. The molecular formula is C17H26BrN3. The summed E-state index contributed by atoms with van der Waals surface area (Å²) in [5.74, 6) is 0. The van der Waals surface area contributed by atoms with Crippen molar-refractivity contribution in [2.45, 2.75) is 38.3 Å². The quantitative estimate of drug-likeness (QED) is 0.908. The highest BCUT2D eigenvalue weighted by Crippen LogP contribution is 2.29. The molecule has 1 aromatic carbocycles. The first-order chi connectivity index (χ1) is 10.2. The summed E-state index contributed by atoms with van der Waals surface area (Å²) in [6.07, 6.45) is 3.98. The van der Waals surface area contributed by atoms with Gasteiger partial charge >= 0.3 is 0 Å². The average Bonchev–Trinajstić information content (AvgIpc) is 2.82. The van der Waals surface area contributed by atoms with E-state index in [2.05, 4.69) is 50.9 Å². The van der Waals surface area contributed by atoms with Gasteiger partial charge in [0.15, 0.2) is 0 Å². The highest BCUT2D eigenvalue weighted by Gasteiger charge is 2.31. The second-order valence-electron chi connectivity index (χ2n) is 6.44. The van der Waals surface area contributed by atoms with Crippen LogP contribution in [0.3, 0.4) is 0 Å². The van der Waals surface area contributed by atoms with Crippen molar-refractivity contribution < 1.29 is 0 Å². The SMILES string of the molecule is Cc1cc(C(CN)N2CCCN3CCCC3C2)ccc1Br. The molecule has 2 N–H and O–H groups in total. The van der Waals surface area contributed by atoms with Crippen LogP contribution in [0.4, 0.5) is 0 Å². The van der Waals surface area contributed by atoms with Crippen LogP contribution in [0.5, 0.6) is 0 Å². The number of hydrogen-bond donors (Lipinski definition) is 1. The fraction of sp³-hybridized carbons (Fsp3) is 0.647. The first kappa shape index (κ1) is 15.5. The van der Waals surface area contributed by atoms with E-state index in [-0.39, 0.29) is 0 Å². The first-order valence-electron chi connectivity index (χ1n) is 8.13. The van der Waals surface area contributed by atoms with Gasteiger partial charge in [0, 0.05) is 36.2 Å². The van der Waals surface area contributed by atoms with E-state index in [1.165, 1.54) is 61.0 Å². The predicted octanol–water partition coefficient (Wildman–Crippen LogP) is 2.93. The Kier molecular flexibility index (Phi) is 4.99. The van der Waals surface area contributed by atoms with Crippen LogP contribution in [0.25, 0.3) is 0 Å². The lowest BCUT2D eigenvalue weighted by Gasteiger charge is -2.32. The molecule has 0 amide bonds. The van der Waals surface area contributed by atoms with Crippen LogP contribution in [-0.4, -0.2) is 48.6 Å². The molecule has 0 aliphatic carbocycles. The van der Waals surface area contributed by atoms with Crippen LogP contribution in [0, 0.1) is 6.92 Å². The summed E-state index contributed by atoms with van der Waals surface area (Å²) < 4.78 is 1.18. The van der Waals surface area contributed by atoms with Crippen molar-refractivity contribution in [2.24, 2.45) is 5.73 Å². The van der Waals surface area contributed by atoms with Gasteiger partial charge in [0.1, 0.15) is 0 Å². The number of rotatable bonds is 3. The third-order valence-corrected chi connectivity index (χ3v) is 5.96. The van der Waals surface area contributed by atoms with Gasteiger partial charge in [-0.3, -0.25) is 9.80 Å². The second kappa shape index (κ2) is 6.78. The number of fused-ring (bicyclic) bond motifs is 1. The van der Waals surface area contributed by atoms with Crippen molar-refractivity contribution in [1.82, 2.24) is 9.80 Å². The largest absolute Gasteiger partial charge is 0.329 e. The minimum Gasteiger partial charge on any atom is -0.329 e. The van der Waals surface area contributed by atoms with Gasteiger partial charge < -0.3 is 5.73 Å². The van der Waals surface area contributed by atoms with Gasteiger partial charge in [-0.15, -0.1) is 0 Å². The number of aryl methyl sites for hydroxylation is 1. The zero-order valence-electron chi connectivity index (χ0n) is 12.9. The molecule has 3 rings (SSSR count). The molecule has 116 valence electrons. The number of nitrogens with zero attached hydrogens (tertiary/aromatic N) is 2. The van der Waals surface area contributed by atoms with Gasteiger partial charge in [0.05, 0.1) is 0 Å². The predicted molar refractivity (Wildman–Crippen MR) is 91.5 cm³/mol. The first-order valence-corrected chi connectivity index (χ1v) is 8.92. The molecule has 21 heavy (non-hydrogen) atoms. The number of nitrogens with two attached hydrogens (primary N) is 1. The monoisotopic (exact) mass is 351 g/mol. The molecule has 3 nitrogen and oxygen atoms in total. The molecule has 2 fully saturated rings. The number of benzene rings is 1. The molecule has 0 aromatic heterocycles. The highest BCUT2D eigenvalue weighted by atomic mass is 79.9. The van der Waals surface area contributed by atoms with Crippen LogP contribution in [0.15, 0.2) is 22.7 Å². The molecule has 0 radical (unpaired) electrons. The zero-order valence-corrected chi connectivity index (χ0v) is 14.5. The van der Waals surface area contributed by atoms with E-state index in [1.807, 2.05) is 0 Å². The molecule has 2 aliphatic rings. The van der Waals surface area contributed by atoms with Crippen molar-refractivity contribution in [3.63, 3.8) is 0 Å². The molecule has 2 unspecified atom stereocenters. The summed E-state index contributed by atoms with van der Waals surface area (Å²) in [6, 6.07) is 7.79. The molecule has 1 aromatic rings. The van der Waals surface area contributed by atoms with E-state index in [9.17, 15) is 0 Å². The summed E-state index contributed by atoms with van der Waals surface area (Å²) >= 11 is 3.59. The topological polar surface area (TPSA) is 32.5 Å². The van der Waals surface area contributed by atoms with E-state index in [0.29, 0.717) is 12.6 Å². The Morgan fingerprint density at radius 3 is 2.86 bits per heavy atom. The average molecular weight is 352 g/mol. The maximum atomic E-state index is 6.14. The van der Waals surface area contributed by atoms with Crippen molar-refractivity contribution >= 4 is 15.9 Å². The molecule has 0 bridgehead atoms. The van der Waals surface area contributed by atoms with Crippen molar-refractivity contribution in [1.29, 1.82) is 0 Å². The minimum atomic E-state index is 0.359. The minimum absolute atomic E-state index is 0.359. The molecule has 4 heteroatoms. The Morgan fingerprint density at radius 2 is 2.10 bits per heavy atom. The number of hydrogen-bond acceptors (Lipinski definition) is 3. The smallest absolute Gasteiger partial charge is 0.0471 e.